The first kappa shape index (κ1) is 20.1. The van der Waals surface area contributed by atoms with Crippen molar-refractivity contribution >= 4 is 35.0 Å². The molecule has 0 saturated heterocycles. The summed E-state index contributed by atoms with van der Waals surface area (Å²) in [6, 6.07) is 9.59. The van der Waals surface area contributed by atoms with E-state index in [0.717, 1.165) is 0 Å². The first-order valence-electron chi connectivity index (χ1n) is 7.88. The van der Waals surface area contributed by atoms with Gasteiger partial charge in [0.2, 0.25) is 0 Å². The summed E-state index contributed by atoms with van der Waals surface area (Å²) in [7, 11) is 1.50. The van der Waals surface area contributed by atoms with Gasteiger partial charge in [0.25, 0.3) is 0 Å². The predicted molar refractivity (Wildman–Crippen MR) is 99.8 cm³/mol. The Balaban J connectivity index is 1.83. The molecule has 0 spiro atoms. The van der Waals surface area contributed by atoms with Gasteiger partial charge in [-0.25, -0.2) is 0 Å². The maximum Gasteiger partial charge on any atom is 0.311 e. The molecule has 26 heavy (non-hydrogen) atoms. The summed E-state index contributed by atoms with van der Waals surface area (Å²) in [5.41, 5.74) is 0.539. The molecule has 0 heterocycles. The van der Waals surface area contributed by atoms with Crippen molar-refractivity contribution in [2.45, 2.75) is 19.8 Å². The quantitative estimate of drug-likeness (QED) is 0.272. The van der Waals surface area contributed by atoms with E-state index in [1.54, 1.807) is 30.3 Å². The molecule has 5 nitrogen and oxygen atoms in total. The fourth-order valence-corrected chi connectivity index (χ4v) is 2.58. The Morgan fingerprint density at radius 1 is 1.00 bits per heavy atom. The largest absolute Gasteiger partial charge is 0.493 e. The van der Waals surface area contributed by atoms with Crippen LogP contribution in [0, 0.1) is 0 Å². The van der Waals surface area contributed by atoms with Crippen LogP contribution in [0.1, 0.15) is 30.1 Å². The van der Waals surface area contributed by atoms with Crippen molar-refractivity contribution in [3.05, 3.63) is 52.0 Å². The van der Waals surface area contributed by atoms with E-state index >= 15 is 0 Å². The van der Waals surface area contributed by atoms with Gasteiger partial charge in [0.1, 0.15) is 5.75 Å². The van der Waals surface area contributed by atoms with Gasteiger partial charge in [0, 0.05) is 17.0 Å². The van der Waals surface area contributed by atoms with Gasteiger partial charge in [0.05, 0.1) is 18.7 Å². The lowest BCUT2D eigenvalue weighted by Gasteiger charge is -2.11. The summed E-state index contributed by atoms with van der Waals surface area (Å²) in [4.78, 5) is 23.3. The van der Waals surface area contributed by atoms with E-state index in [1.165, 1.54) is 20.1 Å². The monoisotopic (exact) mass is 396 g/mol. The standard InChI is InChI=1S/C19H18Cl2O5/c1-12(22)13-5-7-17(18(10-13)24-2)25-9-3-4-19(23)26-16-8-6-14(20)11-15(16)21/h5-8,10-11H,3-4,9H2,1-2H3. The molecule has 0 aliphatic carbocycles. The Labute approximate surface area is 161 Å². The van der Waals surface area contributed by atoms with Gasteiger partial charge in [-0.05, 0) is 49.7 Å². The highest BCUT2D eigenvalue weighted by Crippen LogP contribution is 2.29. The normalized spacial score (nSPS) is 10.3. The van der Waals surface area contributed by atoms with Crippen LogP contribution in [-0.2, 0) is 4.79 Å². The fourth-order valence-electron chi connectivity index (χ4n) is 2.14. The Morgan fingerprint density at radius 2 is 1.73 bits per heavy atom. The predicted octanol–water partition coefficient (Wildman–Crippen LogP) is 4.97. The Morgan fingerprint density at radius 3 is 2.38 bits per heavy atom. The molecule has 0 bridgehead atoms. The number of carbonyl (C=O) groups is 2. The lowest BCUT2D eigenvalue weighted by molar-refractivity contribution is -0.134. The summed E-state index contributed by atoms with van der Waals surface area (Å²) in [6.45, 7) is 1.77. The molecule has 2 aromatic rings. The van der Waals surface area contributed by atoms with E-state index < -0.39 is 5.97 Å². The second-order valence-corrected chi connectivity index (χ2v) is 6.27. The number of carbonyl (C=O) groups excluding carboxylic acids is 2. The van der Waals surface area contributed by atoms with Gasteiger partial charge < -0.3 is 14.2 Å². The first-order valence-corrected chi connectivity index (χ1v) is 8.64. The summed E-state index contributed by atoms with van der Waals surface area (Å²) >= 11 is 11.8. The van der Waals surface area contributed by atoms with Gasteiger partial charge in [-0.3, -0.25) is 9.59 Å². The Hall–Kier alpha value is -2.24. The minimum absolute atomic E-state index is 0.0570. The second kappa shape index (κ2) is 9.46. The summed E-state index contributed by atoms with van der Waals surface area (Å²) in [6.07, 6.45) is 0.606. The van der Waals surface area contributed by atoms with Gasteiger partial charge in [-0.15, -0.1) is 0 Å². The SMILES string of the molecule is COc1cc(C(C)=O)ccc1OCCCC(=O)Oc1ccc(Cl)cc1Cl. The molecule has 0 fully saturated rings. The minimum Gasteiger partial charge on any atom is -0.493 e. The van der Waals surface area contributed by atoms with Crippen molar-refractivity contribution in [3.8, 4) is 17.2 Å². The number of halogens is 2. The lowest BCUT2D eigenvalue weighted by atomic mass is 10.1. The third-order valence-electron chi connectivity index (χ3n) is 3.47. The highest BCUT2D eigenvalue weighted by molar-refractivity contribution is 6.35. The summed E-state index contributed by atoms with van der Waals surface area (Å²) in [5, 5.41) is 0.741. The van der Waals surface area contributed by atoms with Crippen LogP contribution in [0.3, 0.4) is 0 Å². The van der Waals surface area contributed by atoms with Gasteiger partial charge in [0.15, 0.2) is 17.3 Å². The smallest absolute Gasteiger partial charge is 0.311 e. The van der Waals surface area contributed by atoms with Crippen molar-refractivity contribution in [1.29, 1.82) is 0 Å². The van der Waals surface area contributed by atoms with E-state index in [9.17, 15) is 9.59 Å². The van der Waals surface area contributed by atoms with Gasteiger partial charge in [-0.1, -0.05) is 23.2 Å². The summed E-state index contributed by atoms with van der Waals surface area (Å²) in [5.74, 6) is 0.762. The highest BCUT2D eigenvalue weighted by atomic mass is 35.5. The van der Waals surface area contributed by atoms with Crippen LogP contribution >= 0.6 is 23.2 Å². The molecular formula is C19H18Cl2O5. The number of hydrogen-bond acceptors (Lipinski definition) is 5. The number of rotatable bonds is 8. The molecule has 2 rings (SSSR count). The fraction of sp³-hybridized carbons (Fsp3) is 0.263. The van der Waals surface area contributed by atoms with E-state index in [-0.39, 0.29) is 23.0 Å². The molecule has 0 saturated carbocycles. The van der Waals surface area contributed by atoms with Crippen molar-refractivity contribution in [1.82, 2.24) is 0 Å². The second-order valence-electron chi connectivity index (χ2n) is 5.42. The first-order chi connectivity index (χ1) is 12.4. The van der Waals surface area contributed by atoms with Crippen molar-refractivity contribution < 1.29 is 23.8 Å². The van der Waals surface area contributed by atoms with Crippen molar-refractivity contribution in [2.75, 3.05) is 13.7 Å². The highest BCUT2D eigenvalue weighted by Gasteiger charge is 2.11. The number of methoxy groups -OCH3 is 1. The molecule has 7 heteroatoms. The maximum atomic E-state index is 11.9. The zero-order valence-electron chi connectivity index (χ0n) is 14.4. The lowest BCUT2D eigenvalue weighted by Crippen LogP contribution is -2.10. The Bertz CT molecular complexity index is 805. The number of hydrogen-bond donors (Lipinski definition) is 0. The molecule has 0 radical (unpaired) electrons. The molecule has 0 N–H and O–H groups in total. The topological polar surface area (TPSA) is 61.8 Å². The van der Waals surface area contributed by atoms with Crippen LogP contribution in [-0.4, -0.2) is 25.5 Å². The van der Waals surface area contributed by atoms with Crippen molar-refractivity contribution in [2.24, 2.45) is 0 Å². The van der Waals surface area contributed by atoms with E-state index in [0.29, 0.717) is 35.1 Å². The third-order valence-corrected chi connectivity index (χ3v) is 4.00. The third kappa shape index (κ3) is 5.64. The number of Topliss-reactive ketones (excluding diaryl/α,β-unsaturated/α-hetero) is 1. The van der Waals surface area contributed by atoms with Crippen LogP contribution in [0.5, 0.6) is 17.2 Å². The van der Waals surface area contributed by atoms with E-state index in [2.05, 4.69) is 0 Å². The molecule has 0 unspecified atom stereocenters. The number of benzene rings is 2. The average Bonchev–Trinajstić information content (AvgIpc) is 2.61. The van der Waals surface area contributed by atoms with Crippen LogP contribution in [0.4, 0.5) is 0 Å². The molecule has 2 aromatic carbocycles. The average molecular weight is 397 g/mol. The van der Waals surface area contributed by atoms with Crippen LogP contribution in [0.2, 0.25) is 10.0 Å². The molecule has 0 atom stereocenters. The minimum atomic E-state index is -0.420. The van der Waals surface area contributed by atoms with Crippen LogP contribution in [0.15, 0.2) is 36.4 Å². The number of ether oxygens (including phenoxy) is 3. The molecular weight excluding hydrogens is 379 g/mol. The Kier molecular flexibility index (Phi) is 7.30. The number of ketones is 1. The molecule has 0 aliphatic heterocycles. The molecule has 0 amide bonds. The van der Waals surface area contributed by atoms with Crippen molar-refractivity contribution in [3.63, 3.8) is 0 Å². The van der Waals surface area contributed by atoms with Crippen LogP contribution < -0.4 is 14.2 Å². The van der Waals surface area contributed by atoms with E-state index in [1.807, 2.05) is 0 Å². The van der Waals surface area contributed by atoms with E-state index in [4.69, 9.17) is 37.4 Å². The zero-order valence-corrected chi connectivity index (χ0v) is 15.9. The molecule has 0 aromatic heterocycles. The zero-order chi connectivity index (χ0) is 19.1. The molecule has 0 aliphatic rings. The van der Waals surface area contributed by atoms with Crippen LogP contribution in [0.25, 0.3) is 0 Å². The maximum absolute atomic E-state index is 11.9. The van der Waals surface area contributed by atoms with Gasteiger partial charge in [-0.2, -0.15) is 0 Å². The summed E-state index contributed by atoms with van der Waals surface area (Å²) < 4.78 is 16.0. The van der Waals surface area contributed by atoms with Gasteiger partial charge >= 0.3 is 5.97 Å². The number of esters is 1. The molecule has 138 valence electrons.